The third kappa shape index (κ3) is 3.65. The van der Waals surface area contributed by atoms with Crippen molar-refractivity contribution in [3.63, 3.8) is 0 Å². The van der Waals surface area contributed by atoms with Crippen LogP contribution in [0, 0.1) is 11.7 Å². The topological polar surface area (TPSA) is 39.9 Å². The zero-order valence-corrected chi connectivity index (χ0v) is 18.4. The van der Waals surface area contributed by atoms with Crippen LogP contribution >= 0.6 is 11.6 Å². The Hall–Kier alpha value is -2.66. The Morgan fingerprint density at radius 1 is 1.03 bits per heavy atom. The lowest BCUT2D eigenvalue weighted by Gasteiger charge is -2.33. The number of pyridine rings is 1. The fourth-order valence-corrected chi connectivity index (χ4v) is 5.31. The predicted octanol–water partition coefficient (Wildman–Crippen LogP) is 6.92. The van der Waals surface area contributed by atoms with Gasteiger partial charge in [0.15, 0.2) is 0 Å². The molecule has 0 aliphatic heterocycles. The second-order valence-electron chi connectivity index (χ2n) is 8.53. The molecule has 0 N–H and O–H groups in total. The molecule has 2 aromatic heterocycles. The quantitative estimate of drug-likeness (QED) is 0.348. The second kappa shape index (κ2) is 8.12. The molecule has 2 aromatic carbocycles. The van der Waals surface area contributed by atoms with Crippen molar-refractivity contribution in [1.29, 1.82) is 0 Å². The normalized spacial score (nSPS) is 20.3. The third-order valence-electron chi connectivity index (χ3n) is 6.82. The molecule has 1 aliphatic carbocycles. The molecule has 6 heteroatoms. The molecule has 1 atom stereocenters. The van der Waals surface area contributed by atoms with Crippen LogP contribution in [0.2, 0.25) is 5.02 Å². The van der Waals surface area contributed by atoms with E-state index in [2.05, 4.69) is 18.0 Å². The molecule has 0 amide bonds. The standard InChI is InChI=1S/C25H25ClFN3O/c1-15(30-25(31-2)21-9-7-18(26)13-24(21)29-30)16-3-5-17(6-4-16)20-11-12-28-23-10-8-19(27)14-22(20)23/h7-17H,3-6H2,1-2H3/t15-,16?,17?/m0/s1. The maximum atomic E-state index is 13.9. The van der Waals surface area contributed by atoms with Gasteiger partial charge in [0, 0.05) is 16.6 Å². The number of hydrogen-bond donors (Lipinski definition) is 0. The van der Waals surface area contributed by atoms with E-state index in [1.54, 1.807) is 19.2 Å². The van der Waals surface area contributed by atoms with Crippen LogP contribution < -0.4 is 4.74 Å². The van der Waals surface area contributed by atoms with Crippen molar-refractivity contribution in [2.24, 2.45) is 5.92 Å². The van der Waals surface area contributed by atoms with Crippen molar-refractivity contribution in [2.45, 2.75) is 44.6 Å². The summed E-state index contributed by atoms with van der Waals surface area (Å²) < 4.78 is 21.6. The maximum absolute atomic E-state index is 13.9. The van der Waals surface area contributed by atoms with Crippen LogP contribution in [-0.2, 0) is 0 Å². The van der Waals surface area contributed by atoms with Crippen molar-refractivity contribution < 1.29 is 9.13 Å². The van der Waals surface area contributed by atoms with Crippen molar-refractivity contribution in [1.82, 2.24) is 14.8 Å². The zero-order chi connectivity index (χ0) is 21.5. The Labute approximate surface area is 186 Å². The van der Waals surface area contributed by atoms with Gasteiger partial charge in [-0.25, -0.2) is 9.07 Å². The summed E-state index contributed by atoms with van der Waals surface area (Å²) in [5.41, 5.74) is 2.93. The summed E-state index contributed by atoms with van der Waals surface area (Å²) in [5.74, 6) is 1.51. The highest BCUT2D eigenvalue weighted by atomic mass is 35.5. The van der Waals surface area contributed by atoms with Gasteiger partial charge in [0.1, 0.15) is 5.82 Å². The number of aromatic nitrogens is 3. The van der Waals surface area contributed by atoms with Gasteiger partial charge in [-0.1, -0.05) is 11.6 Å². The molecule has 31 heavy (non-hydrogen) atoms. The van der Waals surface area contributed by atoms with Gasteiger partial charge in [0.05, 0.1) is 29.6 Å². The molecule has 5 rings (SSSR count). The monoisotopic (exact) mass is 437 g/mol. The predicted molar refractivity (Wildman–Crippen MR) is 122 cm³/mol. The molecule has 1 aliphatic rings. The van der Waals surface area contributed by atoms with Crippen molar-refractivity contribution >= 4 is 33.4 Å². The van der Waals surface area contributed by atoms with E-state index < -0.39 is 0 Å². The first-order chi connectivity index (χ1) is 15.0. The zero-order valence-electron chi connectivity index (χ0n) is 17.7. The molecule has 1 fully saturated rings. The van der Waals surface area contributed by atoms with Crippen LogP contribution in [0.25, 0.3) is 21.8 Å². The number of halogens is 2. The minimum atomic E-state index is -0.206. The van der Waals surface area contributed by atoms with Gasteiger partial charge in [-0.15, -0.1) is 0 Å². The Bertz CT molecular complexity index is 1250. The molecular formula is C25H25ClFN3O. The molecule has 1 saturated carbocycles. The van der Waals surface area contributed by atoms with Crippen LogP contribution in [0.1, 0.15) is 50.1 Å². The van der Waals surface area contributed by atoms with Crippen LogP contribution in [0.5, 0.6) is 5.88 Å². The smallest absolute Gasteiger partial charge is 0.219 e. The molecule has 0 unspecified atom stereocenters. The van der Waals surface area contributed by atoms with Gasteiger partial charge in [0.25, 0.3) is 0 Å². The van der Waals surface area contributed by atoms with Crippen LogP contribution in [-0.4, -0.2) is 21.9 Å². The molecule has 0 spiro atoms. The number of benzene rings is 2. The van der Waals surface area contributed by atoms with Gasteiger partial charge in [-0.3, -0.25) is 4.98 Å². The van der Waals surface area contributed by atoms with Gasteiger partial charge >= 0.3 is 0 Å². The first kappa shape index (κ1) is 20.3. The average molecular weight is 438 g/mol. The van der Waals surface area contributed by atoms with E-state index in [-0.39, 0.29) is 11.9 Å². The second-order valence-corrected chi connectivity index (χ2v) is 8.97. The third-order valence-corrected chi connectivity index (χ3v) is 7.06. The maximum Gasteiger partial charge on any atom is 0.219 e. The van der Waals surface area contributed by atoms with E-state index >= 15 is 0 Å². The van der Waals surface area contributed by atoms with Crippen molar-refractivity contribution in [2.75, 3.05) is 7.11 Å². The first-order valence-corrected chi connectivity index (χ1v) is 11.2. The molecule has 0 bridgehead atoms. The summed E-state index contributed by atoms with van der Waals surface area (Å²) in [4.78, 5) is 4.41. The Balaban J connectivity index is 1.38. The van der Waals surface area contributed by atoms with Gasteiger partial charge < -0.3 is 4.74 Å². The minimum absolute atomic E-state index is 0.206. The van der Waals surface area contributed by atoms with Gasteiger partial charge in [-0.2, -0.15) is 5.10 Å². The number of fused-ring (bicyclic) bond motifs is 2. The highest BCUT2D eigenvalue weighted by Crippen LogP contribution is 2.43. The summed E-state index contributed by atoms with van der Waals surface area (Å²) in [7, 11) is 1.69. The number of rotatable bonds is 4. The number of nitrogens with zero attached hydrogens (tertiary/aromatic N) is 3. The van der Waals surface area contributed by atoms with E-state index in [1.165, 1.54) is 11.6 Å². The van der Waals surface area contributed by atoms with Crippen molar-refractivity contribution in [3.8, 4) is 5.88 Å². The van der Waals surface area contributed by atoms with Crippen LogP contribution in [0.4, 0.5) is 4.39 Å². The average Bonchev–Trinajstić information content (AvgIpc) is 3.15. The molecule has 0 radical (unpaired) electrons. The molecular weight excluding hydrogens is 413 g/mol. The Morgan fingerprint density at radius 3 is 2.61 bits per heavy atom. The fourth-order valence-electron chi connectivity index (χ4n) is 5.14. The summed E-state index contributed by atoms with van der Waals surface area (Å²) >= 11 is 6.16. The summed E-state index contributed by atoms with van der Waals surface area (Å²) in [6.07, 6.45) is 6.16. The Kier molecular flexibility index (Phi) is 5.30. The SMILES string of the molecule is COc1c2ccc(Cl)cc2nn1[C@@H](C)C1CCC(c2ccnc3ccc(F)cc23)CC1. The highest BCUT2D eigenvalue weighted by molar-refractivity contribution is 6.31. The largest absolute Gasteiger partial charge is 0.481 e. The van der Waals surface area contributed by atoms with Crippen LogP contribution in [0.3, 0.4) is 0 Å². The van der Waals surface area contributed by atoms with E-state index in [0.29, 0.717) is 16.9 Å². The van der Waals surface area contributed by atoms with E-state index in [9.17, 15) is 4.39 Å². The molecule has 4 nitrogen and oxygen atoms in total. The minimum Gasteiger partial charge on any atom is -0.481 e. The van der Waals surface area contributed by atoms with E-state index in [4.69, 9.17) is 21.4 Å². The Morgan fingerprint density at radius 2 is 1.84 bits per heavy atom. The number of ether oxygens (including phenoxy) is 1. The van der Waals surface area contributed by atoms with E-state index in [1.807, 2.05) is 29.1 Å². The molecule has 0 saturated heterocycles. The summed E-state index contributed by atoms with van der Waals surface area (Å²) in [6.45, 7) is 2.22. The first-order valence-electron chi connectivity index (χ1n) is 10.8. The highest BCUT2D eigenvalue weighted by Gasteiger charge is 2.30. The summed E-state index contributed by atoms with van der Waals surface area (Å²) in [5, 5.41) is 7.40. The summed E-state index contributed by atoms with van der Waals surface area (Å²) in [6, 6.07) is 12.9. The van der Waals surface area contributed by atoms with Crippen molar-refractivity contribution in [3.05, 3.63) is 65.1 Å². The number of methoxy groups -OCH3 is 1. The lowest BCUT2D eigenvalue weighted by molar-refractivity contribution is 0.219. The lowest BCUT2D eigenvalue weighted by atomic mass is 9.75. The van der Waals surface area contributed by atoms with Gasteiger partial charge in [-0.05, 0) is 92.5 Å². The van der Waals surface area contributed by atoms with Gasteiger partial charge in [0.2, 0.25) is 5.88 Å². The molecule has 4 aromatic rings. The fraction of sp³-hybridized carbons (Fsp3) is 0.360. The lowest BCUT2D eigenvalue weighted by Crippen LogP contribution is -2.23. The van der Waals surface area contributed by atoms with E-state index in [0.717, 1.165) is 53.4 Å². The number of hydrogen-bond acceptors (Lipinski definition) is 3. The molecule has 160 valence electrons. The van der Waals surface area contributed by atoms with Crippen LogP contribution in [0.15, 0.2) is 48.7 Å². The molecule has 2 heterocycles.